The number of aryl methyl sites for hydroxylation is 2. The van der Waals surface area contributed by atoms with Crippen molar-refractivity contribution in [2.45, 2.75) is 90.1 Å². The van der Waals surface area contributed by atoms with Crippen LogP contribution in [-0.4, -0.2) is 23.5 Å². The second-order valence-electron chi connectivity index (χ2n) is 9.23. The first kappa shape index (κ1) is 19.0. The number of hydrogen-bond acceptors (Lipinski definition) is 1. The Morgan fingerprint density at radius 3 is 2.56 bits per heavy atom. The van der Waals surface area contributed by atoms with Crippen LogP contribution in [0.1, 0.15) is 75.0 Å². The van der Waals surface area contributed by atoms with E-state index in [2.05, 4.69) is 55.2 Å². The fraction of sp³-hybridized carbons (Fsp3) is 0.615. The Kier molecular flexibility index (Phi) is 6.18. The van der Waals surface area contributed by atoms with Crippen molar-refractivity contribution in [3.63, 3.8) is 0 Å². The number of piperidine rings is 2. The maximum atomic E-state index is 2.88. The highest BCUT2D eigenvalue weighted by Gasteiger charge is 2.38. The molecule has 0 radical (unpaired) electrons. The molecule has 2 saturated heterocycles. The molecule has 0 spiro atoms. The van der Waals surface area contributed by atoms with Crippen LogP contribution >= 0.6 is 0 Å². The maximum absolute atomic E-state index is 2.88. The molecule has 0 amide bonds. The molecule has 2 heterocycles. The number of fused-ring (bicyclic) bond motifs is 2. The van der Waals surface area contributed by atoms with Crippen molar-refractivity contribution < 1.29 is 0 Å². The van der Waals surface area contributed by atoms with Crippen LogP contribution in [0, 0.1) is 12.8 Å². The first-order valence-corrected chi connectivity index (χ1v) is 11.4. The number of rotatable bonds is 6. The third-order valence-corrected chi connectivity index (χ3v) is 7.05. The van der Waals surface area contributed by atoms with Crippen molar-refractivity contribution in [2.24, 2.45) is 5.92 Å². The summed E-state index contributed by atoms with van der Waals surface area (Å²) in [6.07, 6.45) is 20.6. The molecule has 1 aliphatic carbocycles. The van der Waals surface area contributed by atoms with Crippen molar-refractivity contribution in [3.05, 3.63) is 58.7 Å². The van der Waals surface area contributed by atoms with Crippen LogP contribution in [0.4, 0.5) is 0 Å². The molecule has 3 aliphatic rings. The van der Waals surface area contributed by atoms with Gasteiger partial charge in [0, 0.05) is 18.6 Å². The first-order valence-electron chi connectivity index (χ1n) is 11.4. The molecular weight excluding hydrogens is 326 g/mol. The van der Waals surface area contributed by atoms with Crippen LogP contribution in [0.25, 0.3) is 0 Å². The van der Waals surface area contributed by atoms with Crippen LogP contribution in [0.5, 0.6) is 0 Å². The quantitative estimate of drug-likeness (QED) is 0.565. The Morgan fingerprint density at radius 1 is 1.04 bits per heavy atom. The van der Waals surface area contributed by atoms with Crippen LogP contribution in [-0.2, 0) is 12.8 Å². The van der Waals surface area contributed by atoms with Gasteiger partial charge in [0.15, 0.2) is 0 Å². The van der Waals surface area contributed by atoms with Gasteiger partial charge >= 0.3 is 0 Å². The zero-order chi connectivity index (χ0) is 18.6. The molecule has 4 rings (SSSR count). The van der Waals surface area contributed by atoms with E-state index >= 15 is 0 Å². The lowest BCUT2D eigenvalue weighted by Crippen LogP contribution is -2.52. The lowest BCUT2D eigenvalue weighted by Gasteiger charge is -2.49. The van der Waals surface area contributed by atoms with E-state index in [1.54, 1.807) is 16.7 Å². The largest absolute Gasteiger partial charge is 0.293 e. The van der Waals surface area contributed by atoms with Gasteiger partial charge in [-0.15, -0.1) is 0 Å². The standard InChI is InChI=1S/C26H37N/c1-3-8-23-15-20(2)13-14-24(23)16-22-17-25-11-7-12-26(18-22)27(25)19-21-9-5-4-6-10-21/h5,9-10,13-15,22,25-26H,3-4,6-8,11-12,16-19H2,1-2H3. The van der Waals surface area contributed by atoms with Crippen LogP contribution in [0.2, 0.25) is 0 Å². The zero-order valence-corrected chi connectivity index (χ0v) is 17.4. The smallest absolute Gasteiger partial charge is 0.0236 e. The Labute approximate surface area is 166 Å². The predicted octanol–water partition coefficient (Wildman–Crippen LogP) is 6.40. The number of hydrogen-bond donors (Lipinski definition) is 0. The molecule has 2 aliphatic heterocycles. The molecule has 1 nitrogen and oxygen atoms in total. The summed E-state index contributed by atoms with van der Waals surface area (Å²) in [5.41, 5.74) is 6.24. The summed E-state index contributed by atoms with van der Waals surface area (Å²) >= 11 is 0. The van der Waals surface area contributed by atoms with E-state index in [0.29, 0.717) is 0 Å². The molecule has 2 unspecified atom stereocenters. The van der Waals surface area contributed by atoms with Gasteiger partial charge in [-0.05, 0) is 80.9 Å². The van der Waals surface area contributed by atoms with E-state index in [0.717, 1.165) is 18.0 Å². The van der Waals surface area contributed by atoms with E-state index in [4.69, 9.17) is 0 Å². The van der Waals surface area contributed by atoms with Gasteiger partial charge in [-0.25, -0.2) is 0 Å². The summed E-state index contributed by atoms with van der Waals surface area (Å²) in [7, 11) is 0. The molecule has 1 aromatic rings. The highest BCUT2D eigenvalue weighted by molar-refractivity contribution is 5.32. The average Bonchev–Trinajstić information content (AvgIpc) is 2.65. The van der Waals surface area contributed by atoms with Gasteiger partial charge in [-0.1, -0.05) is 61.8 Å². The van der Waals surface area contributed by atoms with Gasteiger partial charge in [0.25, 0.3) is 0 Å². The highest BCUT2D eigenvalue weighted by Crippen LogP contribution is 2.39. The molecule has 1 aromatic carbocycles. The predicted molar refractivity (Wildman–Crippen MR) is 116 cm³/mol. The molecule has 2 fully saturated rings. The van der Waals surface area contributed by atoms with E-state index in [1.807, 2.05) is 0 Å². The second-order valence-corrected chi connectivity index (χ2v) is 9.23. The third kappa shape index (κ3) is 4.57. The van der Waals surface area contributed by atoms with E-state index in [9.17, 15) is 0 Å². The Bertz CT molecular complexity index is 684. The Balaban J connectivity index is 1.44. The Hall–Kier alpha value is -1.34. The molecular formula is C26H37N. The molecule has 146 valence electrons. The molecule has 27 heavy (non-hydrogen) atoms. The fourth-order valence-corrected chi connectivity index (χ4v) is 5.78. The molecule has 0 aromatic heterocycles. The first-order chi connectivity index (χ1) is 13.2. The number of nitrogens with zero attached hydrogens (tertiary/aromatic N) is 1. The molecule has 0 saturated carbocycles. The summed E-state index contributed by atoms with van der Waals surface area (Å²) < 4.78 is 0. The number of allylic oxidation sites excluding steroid dienone is 2. The minimum Gasteiger partial charge on any atom is -0.293 e. The molecule has 2 bridgehead atoms. The van der Waals surface area contributed by atoms with E-state index < -0.39 is 0 Å². The summed E-state index contributed by atoms with van der Waals surface area (Å²) in [6.45, 7) is 5.74. The number of benzene rings is 1. The van der Waals surface area contributed by atoms with Gasteiger partial charge in [-0.2, -0.15) is 0 Å². The lowest BCUT2D eigenvalue weighted by atomic mass is 9.75. The minimum atomic E-state index is 0.818. The lowest BCUT2D eigenvalue weighted by molar-refractivity contribution is 0.0219. The SMILES string of the molecule is CCCc1cc(C)ccc1CC1CC2CCCC(C1)N2CC1=CCCC=C1. The minimum absolute atomic E-state index is 0.818. The van der Waals surface area contributed by atoms with Crippen molar-refractivity contribution in [2.75, 3.05) is 6.54 Å². The van der Waals surface area contributed by atoms with Gasteiger partial charge in [0.2, 0.25) is 0 Å². The average molecular weight is 364 g/mol. The van der Waals surface area contributed by atoms with Gasteiger partial charge in [0.05, 0.1) is 0 Å². The van der Waals surface area contributed by atoms with Crippen LogP contribution < -0.4 is 0 Å². The van der Waals surface area contributed by atoms with Crippen molar-refractivity contribution in [3.8, 4) is 0 Å². The summed E-state index contributed by atoms with van der Waals surface area (Å²) in [5, 5.41) is 0. The Morgan fingerprint density at radius 2 is 1.85 bits per heavy atom. The van der Waals surface area contributed by atoms with Gasteiger partial charge in [-0.3, -0.25) is 4.90 Å². The van der Waals surface area contributed by atoms with E-state index in [1.165, 1.54) is 76.3 Å². The normalized spacial score (nSPS) is 28.2. The molecule has 0 N–H and O–H groups in total. The zero-order valence-electron chi connectivity index (χ0n) is 17.4. The summed E-state index contributed by atoms with van der Waals surface area (Å²) in [6, 6.07) is 8.83. The third-order valence-electron chi connectivity index (χ3n) is 7.05. The monoisotopic (exact) mass is 363 g/mol. The van der Waals surface area contributed by atoms with Crippen molar-refractivity contribution in [1.29, 1.82) is 0 Å². The maximum Gasteiger partial charge on any atom is 0.0236 e. The summed E-state index contributed by atoms with van der Waals surface area (Å²) in [4.78, 5) is 2.88. The molecule has 1 heteroatoms. The highest BCUT2D eigenvalue weighted by atomic mass is 15.2. The van der Waals surface area contributed by atoms with Crippen molar-refractivity contribution in [1.82, 2.24) is 4.90 Å². The van der Waals surface area contributed by atoms with Crippen molar-refractivity contribution >= 4 is 0 Å². The topological polar surface area (TPSA) is 3.24 Å². The van der Waals surface area contributed by atoms with Crippen LogP contribution in [0.3, 0.4) is 0 Å². The van der Waals surface area contributed by atoms with Gasteiger partial charge < -0.3 is 0 Å². The fourth-order valence-electron chi connectivity index (χ4n) is 5.78. The van der Waals surface area contributed by atoms with Crippen LogP contribution in [0.15, 0.2) is 42.0 Å². The summed E-state index contributed by atoms with van der Waals surface area (Å²) in [5.74, 6) is 0.880. The molecule has 2 atom stereocenters. The van der Waals surface area contributed by atoms with Gasteiger partial charge in [0.1, 0.15) is 0 Å². The second kappa shape index (κ2) is 8.78. The van der Waals surface area contributed by atoms with E-state index in [-0.39, 0.29) is 0 Å².